The van der Waals surface area contributed by atoms with Crippen molar-refractivity contribution in [3.05, 3.63) is 39.9 Å². The van der Waals surface area contributed by atoms with Crippen LogP contribution in [0.25, 0.3) is 0 Å². The monoisotopic (exact) mass is 280 g/mol. The van der Waals surface area contributed by atoms with Crippen LogP contribution in [-0.4, -0.2) is 27.9 Å². The Labute approximate surface area is 115 Å². The number of non-ortho nitro benzene ring substituents is 1. The van der Waals surface area contributed by atoms with Crippen LogP contribution in [0.5, 0.6) is 0 Å². The van der Waals surface area contributed by atoms with Crippen LogP contribution in [0, 0.1) is 16.0 Å². The van der Waals surface area contributed by atoms with Gasteiger partial charge in [0.15, 0.2) is 0 Å². The van der Waals surface area contributed by atoms with Crippen molar-refractivity contribution in [1.82, 2.24) is 5.32 Å². The topological polar surface area (TPSA) is 110 Å². The first-order chi connectivity index (χ1) is 9.31. The fourth-order valence-electron chi connectivity index (χ4n) is 1.70. The lowest BCUT2D eigenvalue weighted by atomic mass is 10.0. The maximum Gasteiger partial charge on any atom is 0.326 e. The van der Waals surface area contributed by atoms with Gasteiger partial charge in [-0.15, -0.1) is 0 Å². The van der Waals surface area contributed by atoms with Gasteiger partial charge in [0.2, 0.25) is 5.91 Å². The van der Waals surface area contributed by atoms with E-state index in [1.807, 2.05) is 0 Å². The molecule has 0 radical (unpaired) electrons. The number of nitro groups is 1. The number of hydrogen-bond acceptors (Lipinski definition) is 4. The molecule has 0 aliphatic rings. The molecule has 1 amide bonds. The zero-order valence-electron chi connectivity index (χ0n) is 11.2. The van der Waals surface area contributed by atoms with Gasteiger partial charge in [-0.3, -0.25) is 14.9 Å². The van der Waals surface area contributed by atoms with Gasteiger partial charge in [0.1, 0.15) is 6.04 Å². The third-order valence-electron chi connectivity index (χ3n) is 2.74. The zero-order valence-corrected chi connectivity index (χ0v) is 11.2. The highest BCUT2D eigenvalue weighted by molar-refractivity contribution is 5.85. The van der Waals surface area contributed by atoms with Crippen LogP contribution in [0.3, 0.4) is 0 Å². The number of amides is 1. The Bertz CT molecular complexity index is 527. The fraction of sp³-hybridized carbons (Fsp3) is 0.385. The average molecular weight is 280 g/mol. The molecule has 0 bridgehead atoms. The molecule has 0 saturated carbocycles. The van der Waals surface area contributed by atoms with Gasteiger partial charge in [-0.25, -0.2) is 4.79 Å². The summed E-state index contributed by atoms with van der Waals surface area (Å²) in [5.74, 6) is -1.83. The fourth-order valence-corrected chi connectivity index (χ4v) is 1.70. The molecule has 7 nitrogen and oxygen atoms in total. The summed E-state index contributed by atoms with van der Waals surface area (Å²) in [6, 6.07) is 4.72. The minimum atomic E-state index is -1.10. The van der Waals surface area contributed by atoms with Crippen molar-refractivity contribution in [3.8, 4) is 0 Å². The van der Waals surface area contributed by atoms with Crippen molar-refractivity contribution < 1.29 is 19.6 Å². The quantitative estimate of drug-likeness (QED) is 0.604. The summed E-state index contributed by atoms with van der Waals surface area (Å²) in [6.07, 6.45) is -0.0990. The number of benzene rings is 1. The van der Waals surface area contributed by atoms with Gasteiger partial charge in [0.05, 0.1) is 11.3 Å². The van der Waals surface area contributed by atoms with Crippen LogP contribution in [0.1, 0.15) is 19.4 Å². The SMILES string of the molecule is CC(C)[C@H](NC(=O)Cc1cccc([N+](=O)[O-])c1)C(=O)O. The van der Waals surface area contributed by atoms with Crippen LogP contribution in [0.15, 0.2) is 24.3 Å². The Balaban J connectivity index is 2.73. The molecule has 0 aromatic heterocycles. The second-order valence-electron chi connectivity index (χ2n) is 4.73. The molecule has 0 fully saturated rings. The van der Waals surface area contributed by atoms with E-state index < -0.39 is 22.8 Å². The highest BCUT2D eigenvalue weighted by atomic mass is 16.6. The lowest BCUT2D eigenvalue weighted by molar-refractivity contribution is -0.384. The van der Waals surface area contributed by atoms with E-state index in [9.17, 15) is 19.7 Å². The number of carbonyl (C=O) groups excluding carboxylic acids is 1. The minimum Gasteiger partial charge on any atom is -0.480 e. The number of nitrogens with zero attached hydrogens (tertiary/aromatic N) is 1. The summed E-state index contributed by atoms with van der Waals surface area (Å²) < 4.78 is 0. The molecule has 0 aliphatic heterocycles. The summed E-state index contributed by atoms with van der Waals surface area (Å²) in [4.78, 5) is 32.8. The van der Waals surface area contributed by atoms with E-state index in [1.165, 1.54) is 18.2 Å². The Morgan fingerprint density at radius 1 is 1.40 bits per heavy atom. The Hall–Kier alpha value is -2.44. The van der Waals surface area contributed by atoms with Crippen LogP contribution in [0.2, 0.25) is 0 Å². The third-order valence-corrected chi connectivity index (χ3v) is 2.74. The number of nitrogens with one attached hydrogen (secondary N) is 1. The molecule has 0 spiro atoms. The molecule has 1 atom stereocenters. The summed E-state index contributed by atoms with van der Waals surface area (Å²) >= 11 is 0. The molecule has 7 heteroatoms. The molecule has 1 aromatic carbocycles. The van der Waals surface area contributed by atoms with Crippen molar-refractivity contribution in [3.63, 3.8) is 0 Å². The van der Waals surface area contributed by atoms with Crippen LogP contribution in [-0.2, 0) is 16.0 Å². The molecule has 2 N–H and O–H groups in total. The van der Waals surface area contributed by atoms with E-state index in [0.717, 1.165) is 0 Å². The smallest absolute Gasteiger partial charge is 0.326 e. The van der Waals surface area contributed by atoms with Crippen molar-refractivity contribution in [2.75, 3.05) is 0 Å². The second-order valence-corrected chi connectivity index (χ2v) is 4.73. The van der Waals surface area contributed by atoms with Crippen LogP contribution < -0.4 is 5.32 Å². The number of carboxylic acid groups (broad SMARTS) is 1. The van der Waals surface area contributed by atoms with E-state index >= 15 is 0 Å². The summed E-state index contributed by atoms with van der Waals surface area (Å²) in [7, 11) is 0. The number of aliphatic carboxylic acids is 1. The highest BCUT2D eigenvalue weighted by Gasteiger charge is 2.23. The van der Waals surface area contributed by atoms with Crippen molar-refractivity contribution in [1.29, 1.82) is 0 Å². The zero-order chi connectivity index (χ0) is 15.3. The molecule has 0 unspecified atom stereocenters. The minimum absolute atomic E-state index is 0.0990. The molecule has 108 valence electrons. The molecule has 1 aromatic rings. The number of carbonyl (C=O) groups is 2. The van der Waals surface area contributed by atoms with E-state index in [4.69, 9.17) is 5.11 Å². The summed E-state index contributed by atoms with van der Waals surface area (Å²) in [6.45, 7) is 3.37. The molecule has 1 rings (SSSR count). The lowest BCUT2D eigenvalue weighted by Gasteiger charge is -2.17. The molecular formula is C13H16N2O5. The number of nitro benzene ring substituents is 1. The Morgan fingerprint density at radius 3 is 2.55 bits per heavy atom. The van der Waals surface area contributed by atoms with Gasteiger partial charge >= 0.3 is 5.97 Å². The standard InChI is InChI=1S/C13H16N2O5/c1-8(2)12(13(17)18)14-11(16)7-9-4-3-5-10(6-9)15(19)20/h3-6,8,12H,7H2,1-2H3,(H,14,16)(H,17,18)/t12-/m0/s1. The van der Waals surface area contributed by atoms with E-state index in [1.54, 1.807) is 19.9 Å². The molecule has 20 heavy (non-hydrogen) atoms. The first kappa shape index (κ1) is 15.6. The second kappa shape index (κ2) is 6.65. The van der Waals surface area contributed by atoms with Gasteiger partial charge in [-0.2, -0.15) is 0 Å². The normalized spacial score (nSPS) is 11.9. The number of rotatable bonds is 6. The lowest BCUT2D eigenvalue weighted by Crippen LogP contribution is -2.44. The largest absolute Gasteiger partial charge is 0.480 e. The summed E-state index contributed by atoms with van der Waals surface area (Å²) in [5.41, 5.74) is 0.360. The van der Waals surface area contributed by atoms with E-state index in [2.05, 4.69) is 5.32 Å². The molecular weight excluding hydrogens is 264 g/mol. The number of carboxylic acids is 1. The van der Waals surface area contributed by atoms with Gasteiger partial charge in [0, 0.05) is 12.1 Å². The van der Waals surface area contributed by atoms with Crippen molar-refractivity contribution in [2.45, 2.75) is 26.3 Å². The maximum atomic E-state index is 11.8. The predicted molar refractivity (Wildman–Crippen MR) is 71.2 cm³/mol. The van der Waals surface area contributed by atoms with Gasteiger partial charge in [0.25, 0.3) is 5.69 Å². The Morgan fingerprint density at radius 2 is 2.05 bits per heavy atom. The highest BCUT2D eigenvalue weighted by Crippen LogP contribution is 2.13. The van der Waals surface area contributed by atoms with Gasteiger partial charge < -0.3 is 10.4 Å². The maximum absolute atomic E-state index is 11.8. The first-order valence-electron chi connectivity index (χ1n) is 6.06. The van der Waals surface area contributed by atoms with Crippen molar-refractivity contribution >= 4 is 17.6 Å². The Kier molecular flexibility index (Phi) is 5.19. The van der Waals surface area contributed by atoms with Gasteiger partial charge in [-0.05, 0) is 11.5 Å². The molecule has 0 saturated heterocycles. The third kappa shape index (κ3) is 4.34. The van der Waals surface area contributed by atoms with E-state index in [-0.39, 0.29) is 18.0 Å². The van der Waals surface area contributed by atoms with Crippen LogP contribution >= 0.6 is 0 Å². The molecule has 0 aliphatic carbocycles. The van der Waals surface area contributed by atoms with Crippen molar-refractivity contribution in [2.24, 2.45) is 5.92 Å². The molecule has 0 heterocycles. The van der Waals surface area contributed by atoms with Crippen LogP contribution in [0.4, 0.5) is 5.69 Å². The predicted octanol–water partition coefficient (Wildman–Crippen LogP) is 1.36. The first-order valence-corrected chi connectivity index (χ1v) is 6.06. The van der Waals surface area contributed by atoms with Gasteiger partial charge in [-0.1, -0.05) is 26.0 Å². The average Bonchev–Trinajstić information content (AvgIpc) is 2.35. The number of hydrogen-bond donors (Lipinski definition) is 2. The summed E-state index contributed by atoms with van der Waals surface area (Å²) in [5, 5.41) is 22.0. The van der Waals surface area contributed by atoms with E-state index in [0.29, 0.717) is 5.56 Å².